The lowest BCUT2D eigenvalue weighted by Gasteiger charge is -2.17. The molecule has 0 saturated heterocycles. The molecule has 3 aromatic heterocycles. The molecule has 9 heteroatoms. The minimum atomic E-state index is -0.286. The number of halogens is 1. The molecular formula is C22H20FN7O. The molecule has 0 amide bonds. The Hall–Kier alpha value is -3.88. The highest BCUT2D eigenvalue weighted by Gasteiger charge is 2.31. The predicted molar refractivity (Wildman–Crippen MR) is 113 cm³/mol. The number of nitrogens with zero attached hydrogens (tertiary/aromatic N) is 6. The Labute approximate surface area is 178 Å². The molecule has 1 aliphatic heterocycles. The van der Waals surface area contributed by atoms with Gasteiger partial charge in [-0.05, 0) is 42.8 Å². The van der Waals surface area contributed by atoms with Gasteiger partial charge in [0.15, 0.2) is 0 Å². The number of benzene rings is 1. The quantitative estimate of drug-likeness (QED) is 0.513. The Bertz CT molecular complexity index is 1190. The third-order valence-electron chi connectivity index (χ3n) is 5.24. The lowest BCUT2D eigenvalue weighted by atomic mass is 10.1. The van der Waals surface area contributed by atoms with Gasteiger partial charge in [-0.2, -0.15) is 0 Å². The zero-order chi connectivity index (χ0) is 21.2. The van der Waals surface area contributed by atoms with E-state index in [0.29, 0.717) is 18.6 Å². The zero-order valence-corrected chi connectivity index (χ0v) is 16.9. The Morgan fingerprint density at radius 1 is 1.06 bits per heavy atom. The Balaban J connectivity index is 1.58. The van der Waals surface area contributed by atoms with Crippen molar-refractivity contribution in [1.82, 2.24) is 29.5 Å². The number of aromatic nitrogens is 6. The van der Waals surface area contributed by atoms with Crippen LogP contribution >= 0.6 is 0 Å². The molecule has 1 unspecified atom stereocenters. The fraction of sp³-hybridized carbons (Fsp3) is 0.227. The fourth-order valence-corrected chi connectivity index (χ4v) is 3.83. The van der Waals surface area contributed by atoms with Crippen LogP contribution < -0.4 is 10.1 Å². The lowest BCUT2D eigenvalue weighted by Crippen LogP contribution is -2.16. The van der Waals surface area contributed by atoms with Crippen molar-refractivity contribution in [2.45, 2.75) is 18.9 Å². The maximum atomic E-state index is 13.5. The summed E-state index contributed by atoms with van der Waals surface area (Å²) in [6.45, 7) is 0.410. The first-order chi connectivity index (χ1) is 15.2. The second kappa shape index (κ2) is 8.10. The molecule has 31 heavy (non-hydrogen) atoms. The van der Waals surface area contributed by atoms with Crippen molar-refractivity contribution < 1.29 is 9.13 Å². The second-order valence-electron chi connectivity index (χ2n) is 7.15. The van der Waals surface area contributed by atoms with E-state index in [1.165, 1.54) is 12.1 Å². The fourth-order valence-electron chi connectivity index (χ4n) is 3.83. The maximum Gasteiger partial charge on any atom is 0.316 e. The molecule has 0 bridgehead atoms. The summed E-state index contributed by atoms with van der Waals surface area (Å²) in [5.41, 5.74) is 3.19. The molecule has 4 heterocycles. The van der Waals surface area contributed by atoms with Gasteiger partial charge in [0.1, 0.15) is 18.2 Å². The predicted octanol–water partition coefficient (Wildman–Crippen LogP) is 3.54. The summed E-state index contributed by atoms with van der Waals surface area (Å²) in [5, 5.41) is 2.98. The minimum absolute atomic E-state index is 0.0449. The van der Waals surface area contributed by atoms with Gasteiger partial charge >= 0.3 is 6.01 Å². The molecule has 0 fully saturated rings. The molecule has 4 aromatic rings. The second-order valence-corrected chi connectivity index (χ2v) is 7.15. The number of aryl methyl sites for hydroxylation is 1. The number of hydrogen-bond donors (Lipinski definition) is 1. The monoisotopic (exact) mass is 417 g/mol. The lowest BCUT2D eigenvalue weighted by molar-refractivity contribution is 0.237. The summed E-state index contributed by atoms with van der Waals surface area (Å²) in [5.74, 6) is 1.17. The molecule has 0 spiro atoms. The van der Waals surface area contributed by atoms with Crippen LogP contribution in [-0.4, -0.2) is 43.1 Å². The van der Waals surface area contributed by atoms with Gasteiger partial charge in [0.05, 0.1) is 23.1 Å². The van der Waals surface area contributed by atoms with E-state index in [9.17, 15) is 4.39 Å². The highest BCUT2D eigenvalue weighted by Crippen LogP contribution is 2.39. The molecule has 0 radical (unpaired) electrons. The number of nitrogens with one attached hydrogen (secondary N) is 1. The van der Waals surface area contributed by atoms with Crippen molar-refractivity contribution in [2.75, 3.05) is 19.0 Å². The Morgan fingerprint density at radius 3 is 2.65 bits per heavy atom. The topological polar surface area (TPSA) is 90.6 Å². The molecule has 1 aliphatic rings. The number of anilines is 1. The zero-order valence-electron chi connectivity index (χ0n) is 16.9. The van der Waals surface area contributed by atoms with Crippen LogP contribution in [0.5, 0.6) is 6.01 Å². The van der Waals surface area contributed by atoms with Crippen LogP contribution in [0.4, 0.5) is 10.3 Å². The average Bonchev–Trinajstić information content (AvgIpc) is 3.38. The van der Waals surface area contributed by atoms with Gasteiger partial charge in [-0.25, -0.2) is 29.3 Å². The summed E-state index contributed by atoms with van der Waals surface area (Å²) < 4.78 is 21.5. The van der Waals surface area contributed by atoms with Crippen LogP contribution in [0.15, 0.2) is 55.0 Å². The first kappa shape index (κ1) is 19.1. The van der Waals surface area contributed by atoms with Crippen molar-refractivity contribution in [3.63, 3.8) is 0 Å². The van der Waals surface area contributed by atoms with Crippen molar-refractivity contribution >= 4 is 5.95 Å². The van der Waals surface area contributed by atoms with Crippen LogP contribution in [0.3, 0.4) is 0 Å². The molecule has 0 aliphatic carbocycles. The number of rotatable bonds is 6. The third-order valence-corrected chi connectivity index (χ3v) is 5.24. The number of ether oxygens (including phenoxy) is 1. The Kier molecular flexibility index (Phi) is 4.99. The molecule has 1 aromatic carbocycles. The first-order valence-corrected chi connectivity index (χ1v) is 10.0. The largest absolute Gasteiger partial charge is 0.461 e. The summed E-state index contributed by atoms with van der Waals surface area (Å²) in [7, 11) is 1.78. The van der Waals surface area contributed by atoms with Crippen LogP contribution in [0, 0.1) is 5.82 Å². The van der Waals surface area contributed by atoms with Gasteiger partial charge in [-0.15, -0.1) is 0 Å². The van der Waals surface area contributed by atoms with Crippen LogP contribution in [-0.2, 0) is 6.42 Å². The third kappa shape index (κ3) is 3.70. The van der Waals surface area contributed by atoms with E-state index in [2.05, 4.69) is 29.8 Å². The molecule has 156 valence electrons. The first-order valence-electron chi connectivity index (χ1n) is 10.0. The molecule has 5 rings (SSSR count). The van der Waals surface area contributed by atoms with Gasteiger partial charge in [0.2, 0.25) is 5.95 Å². The molecule has 1 atom stereocenters. The summed E-state index contributed by atoms with van der Waals surface area (Å²) in [6, 6.07) is 10.3. The standard InChI is InChI=1S/C22H20FN7O/c1-24-21-25-12-9-17(28-21)20-19(14-3-5-15(23)6-4-14)29-18-8-7-16(30(18)20)13-31-22-26-10-2-11-27-22/h2-6,9-12,16H,7-8,13H2,1H3,(H,24,25,28). The molecular weight excluding hydrogens is 397 g/mol. The molecule has 1 N–H and O–H groups in total. The average molecular weight is 417 g/mol. The van der Waals surface area contributed by atoms with Gasteiger partial charge in [0, 0.05) is 37.6 Å². The maximum absolute atomic E-state index is 13.5. The summed E-state index contributed by atoms with van der Waals surface area (Å²) in [4.78, 5) is 22.0. The van der Waals surface area contributed by atoms with E-state index in [1.807, 2.05) is 6.07 Å². The summed E-state index contributed by atoms with van der Waals surface area (Å²) in [6.07, 6.45) is 6.70. The summed E-state index contributed by atoms with van der Waals surface area (Å²) >= 11 is 0. The van der Waals surface area contributed by atoms with Gasteiger partial charge in [-0.1, -0.05) is 0 Å². The van der Waals surface area contributed by atoms with Crippen molar-refractivity contribution in [3.05, 3.63) is 66.6 Å². The highest BCUT2D eigenvalue weighted by molar-refractivity contribution is 5.78. The van der Waals surface area contributed by atoms with Crippen molar-refractivity contribution in [1.29, 1.82) is 0 Å². The van der Waals surface area contributed by atoms with E-state index in [4.69, 9.17) is 9.72 Å². The van der Waals surface area contributed by atoms with Crippen molar-refractivity contribution in [3.8, 4) is 28.7 Å². The van der Waals surface area contributed by atoms with Gasteiger partial charge < -0.3 is 14.6 Å². The number of fused-ring (bicyclic) bond motifs is 1. The SMILES string of the molecule is CNc1nccc(-c2c(-c3ccc(F)cc3)nc3n2C(COc2ncccn2)CC3)n1. The van der Waals surface area contributed by atoms with E-state index in [1.54, 1.807) is 43.8 Å². The highest BCUT2D eigenvalue weighted by atomic mass is 19.1. The number of hydrogen-bond acceptors (Lipinski definition) is 7. The van der Waals surface area contributed by atoms with E-state index in [-0.39, 0.29) is 11.9 Å². The smallest absolute Gasteiger partial charge is 0.316 e. The van der Waals surface area contributed by atoms with Gasteiger partial charge in [0.25, 0.3) is 0 Å². The van der Waals surface area contributed by atoms with Crippen LogP contribution in [0.1, 0.15) is 18.3 Å². The van der Waals surface area contributed by atoms with Crippen molar-refractivity contribution in [2.24, 2.45) is 0 Å². The molecule has 0 saturated carbocycles. The van der Waals surface area contributed by atoms with E-state index in [0.717, 1.165) is 41.3 Å². The molecule has 8 nitrogen and oxygen atoms in total. The Morgan fingerprint density at radius 2 is 1.87 bits per heavy atom. The normalized spacial score (nSPS) is 15.0. The van der Waals surface area contributed by atoms with E-state index < -0.39 is 0 Å². The van der Waals surface area contributed by atoms with Gasteiger partial charge in [-0.3, -0.25) is 0 Å². The number of imidazole rings is 1. The van der Waals surface area contributed by atoms with Crippen LogP contribution in [0.2, 0.25) is 0 Å². The van der Waals surface area contributed by atoms with E-state index >= 15 is 0 Å². The van der Waals surface area contributed by atoms with Crippen LogP contribution in [0.25, 0.3) is 22.6 Å². The minimum Gasteiger partial charge on any atom is -0.461 e.